The highest BCUT2D eigenvalue weighted by molar-refractivity contribution is 7.98. The number of aromatic carboxylic acids is 1. The number of aliphatic carboxylic acids is 1. The fourth-order valence-electron chi connectivity index (χ4n) is 2.78. The van der Waals surface area contributed by atoms with E-state index in [0.29, 0.717) is 11.5 Å². The zero-order valence-corrected chi connectivity index (χ0v) is 16.2. The first-order chi connectivity index (χ1) is 12.9. The van der Waals surface area contributed by atoms with Gasteiger partial charge in [-0.3, -0.25) is 4.79 Å². The molecule has 1 aromatic heterocycles. The van der Waals surface area contributed by atoms with Crippen LogP contribution in [0.5, 0.6) is 0 Å². The lowest BCUT2D eigenvalue weighted by Gasteiger charge is -2.21. The van der Waals surface area contributed by atoms with Gasteiger partial charge >= 0.3 is 5.97 Å². The first kappa shape index (κ1) is 20.9. The average Bonchev–Trinajstić information content (AvgIpc) is 3.01. The molecule has 2 heterocycles. The summed E-state index contributed by atoms with van der Waals surface area (Å²) in [6.07, 6.45) is 2.21. The molecule has 1 fully saturated rings. The molecule has 0 bridgehead atoms. The highest BCUT2D eigenvalue weighted by Crippen LogP contribution is 2.27. The SMILES string of the molecule is CC(=O)O.Cn1c(SCc2ccc(C(=O)O)cc2)nnc1C1CCNCC1. The first-order valence-corrected chi connectivity index (χ1v) is 9.61. The molecule has 0 spiro atoms. The summed E-state index contributed by atoms with van der Waals surface area (Å²) < 4.78 is 2.09. The van der Waals surface area contributed by atoms with Crippen LogP contribution in [0.25, 0.3) is 0 Å². The van der Waals surface area contributed by atoms with E-state index >= 15 is 0 Å². The Morgan fingerprint density at radius 3 is 2.33 bits per heavy atom. The lowest BCUT2D eigenvalue weighted by Crippen LogP contribution is -2.27. The van der Waals surface area contributed by atoms with Crippen LogP contribution in [0.4, 0.5) is 0 Å². The molecule has 9 heteroatoms. The number of hydrogen-bond donors (Lipinski definition) is 3. The van der Waals surface area contributed by atoms with Crippen molar-refractivity contribution in [2.75, 3.05) is 13.1 Å². The molecule has 3 rings (SSSR count). The van der Waals surface area contributed by atoms with Crippen LogP contribution in [0.1, 0.15) is 47.4 Å². The third kappa shape index (κ3) is 6.37. The number of nitrogens with one attached hydrogen (secondary N) is 1. The monoisotopic (exact) mass is 392 g/mol. The number of benzene rings is 1. The Balaban J connectivity index is 0.000000596. The second kappa shape index (κ2) is 10.1. The number of rotatable bonds is 5. The molecule has 1 aliphatic heterocycles. The molecular weight excluding hydrogens is 368 g/mol. The second-order valence-corrected chi connectivity index (χ2v) is 7.18. The number of thioether (sulfide) groups is 1. The standard InChI is InChI=1S/C16H20N4O2S.C2H4O2/c1-20-14(12-6-8-17-9-7-12)18-19-16(20)23-10-11-2-4-13(5-3-11)15(21)22;1-2(3)4/h2-5,12,17H,6-10H2,1H3,(H,21,22);1H3,(H,3,4). The minimum absolute atomic E-state index is 0.311. The van der Waals surface area contributed by atoms with Crippen molar-refractivity contribution in [1.29, 1.82) is 0 Å². The van der Waals surface area contributed by atoms with Crippen LogP contribution < -0.4 is 5.32 Å². The number of hydrogen-bond acceptors (Lipinski definition) is 6. The van der Waals surface area contributed by atoms with Crippen LogP contribution in [0.15, 0.2) is 29.4 Å². The summed E-state index contributed by atoms with van der Waals surface area (Å²) in [5.41, 5.74) is 1.39. The maximum absolute atomic E-state index is 10.9. The Labute approximate surface area is 162 Å². The molecular formula is C18H24N4O4S. The largest absolute Gasteiger partial charge is 0.481 e. The molecule has 0 unspecified atom stereocenters. The van der Waals surface area contributed by atoms with Gasteiger partial charge in [-0.15, -0.1) is 10.2 Å². The highest BCUT2D eigenvalue weighted by atomic mass is 32.2. The van der Waals surface area contributed by atoms with Crippen LogP contribution in [0.3, 0.4) is 0 Å². The van der Waals surface area contributed by atoms with Gasteiger partial charge in [-0.05, 0) is 43.6 Å². The van der Waals surface area contributed by atoms with Gasteiger partial charge in [0.1, 0.15) is 5.82 Å². The number of carboxylic acid groups (broad SMARTS) is 2. The van der Waals surface area contributed by atoms with Crippen LogP contribution in [0.2, 0.25) is 0 Å². The Morgan fingerprint density at radius 2 is 1.78 bits per heavy atom. The van der Waals surface area contributed by atoms with E-state index in [1.165, 1.54) is 0 Å². The predicted octanol–water partition coefficient (Wildman–Crippen LogP) is 2.36. The maximum atomic E-state index is 10.9. The molecule has 0 saturated carbocycles. The summed E-state index contributed by atoms with van der Waals surface area (Å²) in [4.78, 5) is 19.9. The van der Waals surface area contributed by atoms with Crippen molar-refractivity contribution in [3.8, 4) is 0 Å². The van der Waals surface area contributed by atoms with Crippen molar-refractivity contribution in [1.82, 2.24) is 20.1 Å². The number of carbonyl (C=O) groups is 2. The smallest absolute Gasteiger partial charge is 0.335 e. The van der Waals surface area contributed by atoms with E-state index in [2.05, 4.69) is 20.1 Å². The first-order valence-electron chi connectivity index (χ1n) is 8.63. The molecule has 8 nitrogen and oxygen atoms in total. The fraction of sp³-hybridized carbons (Fsp3) is 0.444. The van der Waals surface area contributed by atoms with Gasteiger partial charge in [0.15, 0.2) is 5.16 Å². The van der Waals surface area contributed by atoms with E-state index < -0.39 is 11.9 Å². The summed E-state index contributed by atoms with van der Waals surface area (Å²) >= 11 is 1.63. The van der Waals surface area contributed by atoms with Crippen molar-refractivity contribution < 1.29 is 19.8 Å². The zero-order valence-electron chi connectivity index (χ0n) is 15.4. The summed E-state index contributed by atoms with van der Waals surface area (Å²) in [6, 6.07) is 6.96. The van der Waals surface area contributed by atoms with Crippen molar-refractivity contribution in [2.45, 2.75) is 36.6 Å². The van der Waals surface area contributed by atoms with Gasteiger partial charge in [-0.25, -0.2) is 4.79 Å². The zero-order chi connectivity index (χ0) is 19.8. The summed E-state index contributed by atoms with van der Waals surface area (Å²) in [5, 5.41) is 29.3. The van der Waals surface area contributed by atoms with Gasteiger partial charge < -0.3 is 20.1 Å². The Hall–Kier alpha value is -2.39. The van der Waals surface area contributed by atoms with Crippen LogP contribution in [0, 0.1) is 0 Å². The minimum Gasteiger partial charge on any atom is -0.481 e. The van der Waals surface area contributed by atoms with E-state index in [4.69, 9.17) is 15.0 Å². The maximum Gasteiger partial charge on any atom is 0.335 e. The molecule has 146 valence electrons. The third-order valence-corrected chi connectivity index (χ3v) is 5.23. The molecule has 1 aliphatic rings. The van der Waals surface area contributed by atoms with Gasteiger partial charge in [0.25, 0.3) is 5.97 Å². The fourth-order valence-corrected chi connectivity index (χ4v) is 3.65. The van der Waals surface area contributed by atoms with Gasteiger partial charge in [-0.2, -0.15) is 0 Å². The molecule has 0 atom stereocenters. The van der Waals surface area contributed by atoms with Gasteiger partial charge in [0.05, 0.1) is 5.56 Å². The molecule has 1 aromatic carbocycles. The molecule has 0 aliphatic carbocycles. The average molecular weight is 392 g/mol. The molecule has 2 aromatic rings. The van der Waals surface area contributed by atoms with Crippen molar-refractivity contribution >= 4 is 23.7 Å². The van der Waals surface area contributed by atoms with E-state index in [9.17, 15) is 4.79 Å². The Kier molecular flexibility index (Phi) is 7.81. The molecule has 27 heavy (non-hydrogen) atoms. The number of piperidine rings is 1. The van der Waals surface area contributed by atoms with E-state index in [1.54, 1.807) is 23.9 Å². The van der Waals surface area contributed by atoms with E-state index in [1.807, 2.05) is 19.2 Å². The van der Waals surface area contributed by atoms with E-state index in [0.717, 1.165) is 55.2 Å². The normalized spacial score (nSPS) is 14.3. The lowest BCUT2D eigenvalue weighted by molar-refractivity contribution is -0.134. The highest BCUT2D eigenvalue weighted by Gasteiger charge is 2.21. The van der Waals surface area contributed by atoms with Crippen molar-refractivity contribution in [3.05, 3.63) is 41.2 Å². The van der Waals surface area contributed by atoms with Gasteiger partial charge in [0, 0.05) is 25.6 Å². The number of carboxylic acids is 2. The number of aromatic nitrogens is 3. The molecule has 1 saturated heterocycles. The van der Waals surface area contributed by atoms with Crippen molar-refractivity contribution in [3.63, 3.8) is 0 Å². The minimum atomic E-state index is -0.899. The topological polar surface area (TPSA) is 117 Å². The third-order valence-electron chi connectivity index (χ3n) is 4.14. The summed E-state index contributed by atoms with van der Waals surface area (Å²) in [5.74, 6) is 0.565. The van der Waals surface area contributed by atoms with E-state index in [-0.39, 0.29) is 0 Å². The second-order valence-electron chi connectivity index (χ2n) is 6.23. The summed E-state index contributed by atoms with van der Waals surface area (Å²) in [7, 11) is 2.02. The lowest BCUT2D eigenvalue weighted by atomic mass is 9.97. The van der Waals surface area contributed by atoms with Gasteiger partial charge in [0.2, 0.25) is 0 Å². The number of nitrogens with zero attached hydrogens (tertiary/aromatic N) is 3. The predicted molar refractivity (Wildman–Crippen MR) is 102 cm³/mol. The Bertz CT molecular complexity index is 766. The van der Waals surface area contributed by atoms with Crippen molar-refractivity contribution in [2.24, 2.45) is 7.05 Å². The summed E-state index contributed by atoms with van der Waals surface area (Å²) in [6.45, 7) is 3.16. The van der Waals surface area contributed by atoms with Crippen LogP contribution in [-0.2, 0) is 17.6 Å². The molecule has 0 amide bonds. The molecule has 0 radical (unpaired) electrons. The van der Waals surface area contributed by atoms with Gasteiger partial charge in [-0.1, -0.05) is 23.9 Å². The quantitative estimate of drug-likeness (QED) is 0.664. The van der Waals surface area contributed by atoms with Crippen LogP contribution >= 0.6 is 11.8 Å². The van der Waals surface area contributed by atoms with Crippen LogP contribution in [-0.4, -0.2) is 50.0 Å². The molecule has 3 N–H and O–H groups in total. The Morgan fingerprint density at radius 1 is 1.19 bits per heavy atom.